The van der Waals surface area contributed by atoms with Gasteiger partial charge in [0.25, 0.3) is 0 Å². The van der Waals surface area contributed by atoms with Crippen LogP contribution in [-0.2, 0) is 4.79 Å². The summed E-state index contributed by atoms with van der Waals surface area (Å²) in [5.74, 6) is -1.01. The van der Waals surface area contributed by atoms with Gasteiger partial charge >= 0.3 is 6.18 Å². The summed E-state index contributed by atoms with van der Waals surface area (Å²) in [4.78, 5) is 13.8. The zero-order valence-corrected chi connectivity index (χ0v) is 15.7. The van der Waals surface area contributed by atoms with Crippen LogP contribution in [0.2, 0.25) is 0 Å². The molecule has 0 aromatic heterocycles. The maximum atomic E-state index is 13.7. The van der Waals surface area contributed by atoms with E-state index < -0.39 is 23.3 Å². The molecule has 1 aliphatic carbocycles. The van der Waals surface area contributed by atoms with Gasteiger partial charge in [0.05, 0.1) is 6.61 Å². The molecule has 1 saturated carbocycles. The third-order valence-electron chi connectivity index (χ3n) is 5.43. The molecular weight excluding hydrogens is 418 g/mol. The second-order valence-electron chi connectivity index (χ2n) is 7.05. The first kappa shape index (κ1) is 19.5. The summed E-state index contributed by atoms with van der Waals surface area (Å²) < 4.78 is 59.8. The molecule has 3 rings (SSSR count). The summed E-state index contributed by atoms with van der Waals surface area (Å²) in [7, 11) is 0. The molecule has 0 spiro atoms. The number of rotatable bonds is 4. The highest BCUT2D eigenvalue weighted by Gasteiger charge is 2.64. The Labute approximate surface area is 157 Å². The number of piperidine rings is 1. The van der Waals surface area contributed by atoms with Crippen molar-refractivity contribution in [1.29, 1.82) is 0 Å². The van der Waals surface area contributed by atoms with Crippen molar-refractivity contribution in [3.63, 3.8) is 0 Å². The summed E-state index contributed by atoms with van der Waals surface area (Å²) >= 11 is 3.17. The van der Waals surface area contributed by atoms with Crippen molar-refractivity contribution in [1.82, 2.24) is 4.90 Å². The minimum absolute atomic E-state index is 0.0883. The molecule has 1 aromatic rings. The first-order valence-electron chi connectivity index (χ1n) is 8.67. The van der Waals surface area contributed by atoms with Crippen molar-refractivity contribution in [2.75, 3.05) is 19.7 Å². The van der Waals surface area contributed by atoms with Crippen molar-refractivity contribution >= 4 is 21.8 Å². The van der Waals surface area contributed by atoms with E-state index in [0.29, 0.717) is 23.7 Å². The molecule has 2 fully saturated rings. The van der Waals surface area contributed by atoms with E-state index in [0.717, 1.165) is 0 Å². The maximum Gasteiger partial charge on any atom is 0.403 e. The molecule has 0 unspecified atom stereocenters. The Morgan fingerprint density at radius 2 is 1.92 bits per heavy atom. The van der Waals surface area contributed by atoms with Crippen LogP contribution in [0, 0.1) is 17.2 Å². The van der Waals surface area contributed by atoms with Gasteiger partial charge in [-0.15, -0.1) is 0 Å². The maximum absolute atomic E-state index is 13.7. The lowest BCUT2D eigenvalue weighted by atomic mass is 9.67. The quantitative estimate of drug-likeness (QED) is 0.624. The average Bonchev–Trinajstić information content (AvgIpc) is 2.52. The molecule has 2 aliphatic rings. The van der Waals surface area contributed by atoms with Crippen LogP contribution in [0.15, 0.2) is 22.7 Å². The van der Waals surface area contributed by atoms with Gasteiger partial charge in [0.2, 0.25) is 5.91 Å². The van der Waals surface area contributed by atoms with Crippen LogP contribution in [0.4, 0.5) is 17.6 Å². The largest absolute Gasteiger partial charge is 0.490 e. The van der Waals surface area contributed by atoms with E-state index in [4.69, 9.17) is 4.74 Å². The van der Waals surface area contributed by atoms with Crippen LogP contribution in [0.3, 0.4) is 0 Å². The number of carbonyl (C=O) groups excluding carboxylic acids is 1. The number of likely N-dealkylation sites (tertiary alicyclic amines) is 1. The Kier molecular flexibility index (Phi) is 5.51. The summed E-state index contributed by atoms with van der Waals surface area (Å²) in [6.45, 7) is 0.853. The Bertz CT molecular complexity index is 668. The average molecular weight is 438 g/mol. The molecule has 0 radical (unpaired) electrons. The number of nitrogens with zero attached hydrogens (tertiary/aromatic N) is 1. The highest BCUT2D eigenvalue weighted by Crippen LogP contribution is 2.54. The fourth-order valence-corrected chi connectivity index (χ4v) is 3.89. The molecule has 1 saturated heterocycles. The Hall–Kier alpha value is -1.31. The predicted molar refractivity (Wildman–Crippen MR) is 91.2 cm³/mol. The second-order valence-corrected chi connectivity index (χ2v) is 7.97. The lowest BCUT2D eigenvalue weighted by Crippen LogP contribution is -2.57. The topological polar surface area (TPSA) is 29.5 Å². The number of alkyl halides is 3. The second kappa shape index (κ2) is 7.37. The molecule has 144 valence electrons. The first-order valence-corrected chi connectivity index (χ1v) is 9.46. The van der Waals surface area contributed by atoms with Crippen LogP contribution in [-0.4, -0.2) is 36.7 Å². The van der Waals surface area contributed by atoms with Gasteiger partial charge in [-0.2, -0.15) is 13.2 Å². The standard InChI is InChI=1S/C18H20BrF4NO2/c19-13-2-3-15(14(20)10-13)26-11-12-4-8-24(9-5-12)16(25)17(6-1-7-17)18(21,22)23/h2-3,10,12H,1,4-9,11H2. The lowest BCUT2D eigenvalue weighted by Gasteiger charge is -2.45. The van der Waals surface area contributed by atoms with Gasteiger partial charge < -0.3 is 9.64 Å². The van der Waals surface area contributed by atoms with Gasteiger partial charge in [0.15, 0.2) is 11.6 Å². The zero-order valence-electron chi connectivity index (χ0n) is 14.1. The van der Waals surface area contributed by atoms with Crippen LogP contribution >= 0.6 is 15.9 Å². The molecule has 0 atom stereocenters. The monoisotopic (exact) mass is 437 g/mol. The Morgan fingerprint density at radius 1 is 1.27 bits per heavy atom. The third kappa shape index (κ3) is 3.70. The highest BCUT2D eigenvalue weighted by atomic mass is 79.9. The van der Waals surface area contributed by atoms with Crippen molar-refractivity contribution in [2.45, 2.75) is 38.3 Å². The minimum atomic E-state index is -4.48. The lowest BCUT2D eigenvalue weighted by molar-refractivity contribution is -0.248. The fourth-order valence-electron chi connectivity index (χ4n) is 3.55. The number of benzene rings is 1. The molecule has 26 heavy (non-hydrogen) atoms. The van der Waals surface area contributed by atoms with E-state index in [9.17, 15) is 22.4 Å². The third-order valence-corrected chi connectivity index (χ3v) is 5.92. The Morgan fingerprint density at radius 3 is 2.42 bits per heavy atom. The van der Waals surface area contributed by atoms with E-state index in [1.165, 1.54) is 17.0 Å². The summed E-state index contributed by atoms with van der Waals surface area (Å²) in [5, 5.41) is 0. The van der Waals surface area contributed by atoms with E-state index >= 15 is 0 Å². The highest BCUT2D eigenvalue weighted by molar-refractivity contribution is 9.10. The fraction of sp³-hybridized carbons (Fsp3) is 0.611. The zero-order chi connectivity index (χ0) is 18.9. The number of hydrogen-bond acceptors (Lipinski definition) is 2. The minimum Gasteiger partial charge on any atom is -0.490 e. The van der Waals surface area contributed by atoms with E-state index in [1.54, 1.807) is 6.07 Å². The summed E-state index contributed by atoms with van der Waals surface area (Å²) in [6, 6.07) is 4.52. The van der Waals surface area contributed by atoms with E-state index in [2.05, 4.69) is 15.9 Å². The van der Waals surface area contributed by atoms with Crippen LogP contribution < -0.4 is 4.74 Å². The van der Waals surface area contributed by atoms with Crippen molar-refractivity contribution in [3.05, 3.63) is 28.5 Å². The van der Waals surface area contributed by atoms with Crippen molar-refractivity contribution in [2.24, 2.45) is 11.3 Å². The number of amides is 1. The van der Waals surface area contributed by atoms with Gasteiger partial charge in [0.1, 0.15) is 5.41 Å². The van der Waals surface area contributed by atoms with Gasteiger partial charge in [-0.05, 0) is 49.8 Å². The SMILES string of the molecule is O=C(N1CCC(COc2ccc(Br)cc2F)CC1)C1(C(F)(F)F)CCC1. The summed E-state index contributed by atoms with van der Waals surface area (Å²) in [5.41, 5.74) is -2.17. The summed E-state index contributed by atoms with van der Waals surface area (Å²) in [6.07, 6.45) is -3.16. The van der Waals surface area contributed by atoms with Crippen LogP contribution in [0.25, 0.3) is 0 Å². The molecule has 1 amide bonds. The Balaban J connectivity index is 1.52. The van der Waals surface area contributed by atoms with Gasteiger partial charge in [-0.1, -0.05) is 22.4 Å². The molecule has 1 aliphatic heterocycles. The van der Waals surface area contributed by atoms with Crippen LogP contribution in [0.1, 0.15) is 32.1 Å². The van der Waals surface area contributed by atoms with Gasteiger partial charge in [0, 0.05) is 17.6 Å². The predicted octanol–water partition coefficient (Wildman–Crippen LogP) is 4.94. The van der Waals surface area contributed by atoms with E-state index in [1.807, 2.05) is 0 Å². The molecule has 1 aromatic carbocycles. The molecule has 0 bridgehead atoms. The number of halogens is 5. The first-order chi connectivity index (χ1) is 12.2. The van der Waals surface area contributed by atoms with Crippen LogP contribution in [0.5, 0.6) is 5.75 Å². The van der Waals surface area contributed by atoms with Gasteiger partial charge in [-0.25, -0.2) is 4.39 Å². The smallest absolute Gasteiger partial charge is 0.403 e. The molecule has 8 heteroatoms. The van der Waals surface area contributed by atoms with Crippen molar-refractivity contribution in [3.8, 4) is 5.75 Å². The molecule has 0 N–H and O–H groups in total. The molecule has 3 nitrogen and oxygen atoms in total. The molecular formula is C18H20BrF4NO2. The number of hydrogen-bond donors (Lipinski definition) is 0. The van der Waals surface area contributed by atoms with Gasteiger partial charge in [-0.3, -0.25) is 4.79 Å². The normalized spacial score (nSPS) is 20.6. The van der Waals surface area contributed by atoms with E-state index in [-0.39, 0.29) is 44.2 Å². The number of carbonyl (C=O) groups is 1. The molecule has 1 heterocycles. The van der Waals surface area contributed by atoms with Crippen molar-refractivity contribution < 1.29 is 27.1 Å². The number of ether oxygens (including phenoxy) is 1.